The van der Waals surface area contributed by atoms with Gasteiger partial charge in [-0.2, -0.15) is 5.10 Å². The maximum Gasteiger partial charge on any atom is 0.345 e. The molecule has 0 aliphatic rings. The molecule has 3 aromatic carbocycles. The molecule has 0 fully saturated rings. The number of rotatable bonds is 5. The molecular weight excluding hydrogens is 396 g/mol. The van der Waals surface area contributed by atoms with E-state index < -0.39 is 11.9 Å². The predicted molar refractivity (Wildman–Crippen MR) is 108 cm³/mol. The number of phenols is 2. The third-order valence-corrected chi connectivity index (χ3v) is 4.04. The molecule has 0 radical (unpaired) electrons. The van der Waals surface area contributed by atoms with E-state index in [9.17, 15) is 19.8 Å². The van der Waals surface area contributed by atoms with E-state index in [0.29, 0.717) is 5.56 Å². The van der Waals surface area contributed by atoms with Gasteiger partial charge in [0.25, 0.3) is 5.91 Å². The van der Waals surface area contributed by atoms with Gasteiger partial charge in [-0.15, -0.1) is 0 Å². The lowest BCUT2D eigenvalue weighted by Crippen LogP contribution is -2.17. The average Bonchev–Trinajstić information content (AvgIpc) is 2.67. The molecule has 0 atom stereocenters. The van der Waals surface area contributed by atoms with Gasteiger partial charge in [0.15, 0.2) is 0 Å². The fourth-order valence-electron chi connectivity index (χ4n) is 2.40. The molecule has 146 valence electrons. The fourth-order valence-corrected chi connectivity index (χ4v) is 2.62. The fraction of sp³-hybridized carbons (Fsp3) is 0. The molecule has 0 aliphatic carbocycles. The molecule has 0 unspecified atom stereocenters. The van der Waals surface area contributed by atoms with Crippen molar-refractivity contribution in [3.8, 4) is 17.2 Å². The minimum atomic E-state index is -0.617. The van der Waals surface area contributed by atoms with E-state index in [-0.39, 0.29) is 33.4 Å². The Morgan fingerprint density at radius 3 is 2.41 bits per heavy atom. The molecule has 29 heavy (non-hydrogen) atoms. The zero-order valence-corrected chi connectivity index (χ0v) is 15.6. The van der Waals surface area contributed by atoms with Crippen molar-refractivity contribution in [1.29, 1.82) is 0 Å². The highest BCUT2D eigenvalue weighted by atomic mass is 35.5. The van der Waals surface area contributed by atoms with E-state index in [4.69, 9.17) is 16.3 Å². The van der Waals surface area contributed by atoms with Crippen LogP contribution >= 0.6 is 11.6 Å². The monoisotopic (exact) mass is 410 g/mol. The van der Waals surface area contributed by atoms with Gasteiger partial charge in [-0.1, -0.05) is 35.9 Å². The summed E-state index contributed by atoms with van der Waals surface area (Å²) in [4.78, 5) is 24.2. The van der Waals surface area contributed by atoms with Crippen molar-refractivity contribution >= 4 is 29.7 Å². The summed E-state index contributed by atoms with van der Waals surface area (Å²) in [6.07, 6.45) is 1.35. The smallest absolute Gasteiger partial charge is 0.345 e. The minimum absolute atomic E-state index is 0.0436. The number of hydrogen-bond donors (Lipinski definition) is 3. The van der Waals surface area contributed by atoms with Crippen LogP contribution in [0.25, 0.3) is 0 Å². The Hall–Kier alpha value is -3.84. The van der Waals surface area contributed by atoms with Crippen molar-refractivity contribution in [2.45, 2.75) is 0 Å². The van der Waals surface area contributed by atoms with Crippen LogP contribution < -0.4 is 10.2 Å². The number of carbonyl (C=O) groups is 2. The topological polar surface area (TPSA) is 108 Å². The van der Waals surface area contributed by atoms with Crippen LogP contribution in [0.3, 0.4) is 0 Å². The summed E-state index contributed by atoms with van der Waals surface area (Å²) >= 11 is 5.99. The van der Waals surface area contributed by atoms with Gasteiger partial charge in [-0.3, -0.25) is 4.79 Å². The first kappa shape index (κ1) is 19.9. The molecule has 1 amide bonds. The Morgan fingerprint density at radius 1 is 0.966 bits per heavy atom. The number of ether oxygens (including phenoxy) is 1. The van der Waals surface area contributed by atoms with E-state index in [1.807, 2.05) is 0 Å². The number of phenolic OH excluding ortho intramolecular Hbond substituents is 2. The number of hydrazone groups is 1. The van der Waals surface area contributed by atoms with Gasteiger partial charge in [0.1, 0.15) is 17.2 Å². The number of amides is 1. The molecule has 0 saturated heterocycles. The molecule has 3 aromatic rings. The number of esters is 1. The molecule has 8 heteroatoms. The van der Waals surface area contributed by atoms with Crippen molar-refractivity contribution in [3.63, 3.8) is 0 Å². The highest BCUT2D eigenvalue weighted by molar-refractivity contribution is 6.33. The summed E-state index contributed by atoms with van der Waals surface area (Å²) in [5.41, 5.74) is 3.13. The minimum Gasteiger partial charge on any atom is -0.508 e. The SMILES string of the molecule is O=C(N/N=C/c1cccc(OC(=O)c2ccccc2Cl)c1)c1cc(O)cc(O)c1. The van der Waals surface area contributed by atoms with Crippen molar-refractivity contribution < 1.29 is 24.5 Å². The Labute approximate surface area is 170 Å². The zero-order valence-electron chi connectivity index (χ0n) is 14.9. The van der Waals surface area contributed by atoms with Gasteiger partial charge in [0.2, 0.25) is 0 Å². The van der Waals surface area contributed by atoms with E-state index in [1.165, 1.54) is 18.3 Å². The van der Waals surface area contributed by atoms with Gasteiger partial charge < -0.3 is 14.9 Å². The first-order valence-corrected chi connectivity index (χ1v) is 8.73. The van der Waals surface area contributed by atoms with Crippen molar-refractivity contribution in [3.05, 3.63) is 88.4 Å². The zero-order chi connectivity index (χ0) is 20.8. The Bertz CT molecular complexity index is 1080. The van der Waals surface area contributed by atoms with E-state index in [1.54, 1.807) is 48.5 Å². The summed E-state index contributed by atoms with van der Waals surface area (Å²) in [6, 6.07) is 16.6. The Morgan fingerprint density at radius 2 is 1.69 bits per heavy atom. The Balaban J connectivity index is 1.65. The summed E-state index contributed by atoms with van der Waals surface area (Å²) in [5, 5.41) is 22.9. The number of aromatic hydroxyl groups is 2. The van der Waals surface area contributed by atoms with Gasteiger partial charge in [-0.05, 0) is 42.0 Å². The summed E-state index contributed by atoms with van der Waals surface area (Å²) < 4.78 is 5.32. The number of nitrogens with zero attached hydrogens (tertiary/aromatic N) is 1. The highest BCUT2D eigenvalue weighted by Crippen LogP contribution is 2.21. The lowest BCUT2D eigenvalue weighted by Gasteiger charge is -2.06. The second-order valence-electron chi connectivity index (χ2n) is 5.88. The third-order valence-electron chi connectivity index (χ3n) is 3.71. The number of nitrogens with one attached hydrogen (secondary N) is 1. The third kappa shape index (κ3) is 5.33. The number of hydrogen-bond acceptors (Lipinski definition) is 6. The van der Waals surface area contributed by atoms with Crippen LogP contribution in [0.1, 0.15) is 26.3 Å². The first-order chi connectivity index (χ1) is 13.9. The molecule has 0 heterocycles. The number of carbonyl (C=O) groups excluding carboxylic acids is 2. The average molecular weight is 411 g/mol. The second kappa shape index (κ2) is 8.90. The van der Waals surface area contributed by atoms with Crippen LogP contribution in [0.15, 0.2) is 71.8 Å². The molecular formula is C21H15ClN2O5. The molecule has 3 N–H and O–H groups in total. The highest BCUT2D eigenvalue weighted by Gasteiger charge is 2.12. The lowest BCUT2D eigenvalue weighted by atomic mass is 10.2. The number of halogens is 1. The van der Waals surface area contributed by atoms with Crippen molar-refractivity contribution in [2.75, 3.05) is 0 Å². The van der Waals surface area contributed by atoms with Crippen LogP contribution in [0.5, 0.6) is 17.2 Å². The van der Waals surface area contributed by atoms with Crippen LogP contribution in [0, 0.1) is 0 Å². The molecule has 0 aliphatic heterocycles. The Kier molecular flexibility index (Phi) is 6.11. The van der Waals surface area contributed by atoms with Crippen LogP contribution in [0.2, 0.25) is 5.02 Å². The van der Waals surface area contributed by atoms with Gasteiger partial charge >= 0.3 is 5.97 Å². The molecule has 0 aromatic heterocycles. The quantitative estimate of drug-likeness (QED) is 0.257. The molecule has 0 spiro atoms. The van der Waals surface area contributed by atoms with E-state index in [0.717, 1.165) is 6.07 Å². The van der Waals surface area contributed by atoms with E-state index in [2.05, 4.69) is 10.5 Å². The largest absolute Gasteiger partial charge is 0.508 e. The van der Waals surface area contributed by atoms with Crippen LogP contribution in [-0.4, -0.2) is 28.3 Å². The maximum atomic E-state index is 12.2. The summed E-state index contributed by atoms with van der Waals surface area (Å²) in [7, 11) is 0. The van der Waals surface area contributed by atoms with Crippen LogP contribution in [-0.2, 0) is 0 Å². The summed E-state index contributed by atoms with van der Waals surface area (Å²) in [6.45, 7) is 0. The van der Waals surface area contributed by atoms with Crippen molar-refractivity contribution in [2.24, 2.45) is 5.10 Å². The summed E-state index contributed by atoms with van der Waals surface area (Å²) in [5.74, 6) is -1.42. The molecule has 7 nitrogen and oxygen atoms in total. The number of benzene rings is 3. The lowest BCUT2D eigenvalue weighted by molar-refractivity contribution is 0.0734. The first-order valence-electron chi connectivity index (χ1n) is 8.35. The van der Waals surface area contributed by atoms with Crippen molar-refractivity contribution in [1.82, 2.24) is 5.43 Å². The normalized spacial score (nSPS) is 10.7. The molecule has 0 saturated carbocycles. The van der Waals surface area contributed by atoms with Gasteiger partial charge in [0.05, 0.1) is 16.8 Å². The second-order valence-corrected chi connectivity index (χ2v) is 6.29. The standard InChI is InChI=1S/C21H15ClN2O5/c22-19-7-2-1-6-18(19)21(28)29-17-5-3-4-13(8-17)12-23-24-20(27)14-9-15(25)11-16(26)10-14/h1-12,25-26H,(H,24,27)/b23-12+. The predicted octanol–water partition coefficient (Wildman–Crippen LogP) is 3.73. The van der Waals surface area contributed by atoms with Gasteiger partial charge in [0, 0.05) is 11.6 Å². The van der Waals surface area contributed by atoms with Gasteiger partial charge in [-0.25, -0.2) is 10.2 Å². The molecule has 3 rings (SSSR count). The maximum absolute atomic E-state index is 12.2. The molecule has 0 bridgehead atoms. The van der Waals surface area contributed by atoms with Crippen LogP contribution in [0.4, 0.5) is 0 Å². The van der Waals surface area contributed by atoms with E-state index >= 15 is 0 Å².